The van der Waals surface area contributed by atoms with Crippen LogP contribution in [0.2, 0.25) is 0 Å². The third-order valence-electron chi connectivity index (χ3n) is 1.41. The fourth-order valence-corrected chi connectivity index (χ4v) is 0.933. The standard InChI is InChI=1S/C5H6N4/c1-2-8-9-5(1)6-3-4-7-5/h3-4H,1-2H2. The lowest BCUT2D eigenvalue weighted by Gasteiger charge is -2.07. The van der Waals surface area contributed by atoms with Crippen LogP contribution in [0.5, 0.6) is 0 Å². The largest absolute Gasteiger partial charge is 0.265 e. The minimum Gasteiger partial charge on any atom is -0.239 e. The normalized spacial score (nSPS) is 26.7. The van der Waals surface area contributed by atoms with E-state index in [0.29, 0.717) is 0 Å². The Morgan fingerprint density at radius 3 is 2.56 bits per heavy atom. The van der Waals surface area contributed by atoms with Gasteiger partial charge in [-0.05, 0) is 0 Å². The van der Waals surface area contributed by atoms with Gasteiger partial charge in [0.1, 0.15) is 0 Å². The van der Waals surface area contributed by atoms with Gasteiger partial charge >= 0.3 is 0 Å². The maximum absolute atomic E-state index is 4.06. The highest BCUT2D eigenvalue weighted by atomic mass is 15.4. The van der Waals surface area contributed by atoms with Crippen molar-refractivity contribution in [3.63, 3.8) is 0 Å². The summed E-state index contributed by atoms with van der Waals surface area (Å²) in [6, 6.07) is 0. The third kappa shape index (κ3) is 0.590. The zero-order valence-corrected chi connectivity index (χ0v) is 4.86. The fraction of sp³-hybridized carbons (Fsp3) is 0.600. The van der Waals surface area contributed by atoms with E-state index in [-0.39, 0.29) is 0 Å². The van der Waals surface area contributed by atoms with E-state index < -0.39 is 5.79 Å². The van der Waals surface area contributed by atoms with Gasteiger partial charge in [0.2, 0.25) is 0 Å². The van der Waals surface area contributed by atoms with E-state index in [9.17, 15) is 0 Å². The Kier molecular flexibility index (Phi) is 0.777. The molecule has 0 aromatic rings. The molecule has 0 atom stereocenters. The van der Waals surface area contributed by atoms with Crippen LogP contribution >= 0.6 is 0 Å². The van der Waals surface area contributed by atoms with Gasteiger partial charge in [-0.2, -0.15) is 5.11 Å². The van der Waals surface area contributed by atoms with Crippen molar-refractivity contribution in [2.75, 3.05) is 6.54 Å². The van der Waals surface area contributed by atoms with Crippen LogP contribution < -0.4 is 0 Å². The molecule has 0 fully saturated rings. The lowest BCUT2D eigenvalue weighted by atomic mass is 10.3. The smallest absolute Gasteiger partial charge is 0.239 e. The monoisotopic (exact) mass is 122 g/mol. The number of rotatable bonds is 0. The molecular formula is C5H6N4. The van der Waals surface area contributed by atoms with Crippen molar-refractivity contribution in [2.45, 2.75) is 12.2 Å². The molecule has 4 nitrogen and oxygen atoms in total. The molecule has 9 heavy (non-hydrogen) atoms. The number of hydrogen-bond acceptors (Lipinski definition) is 4. The first-order valence-corrected chi connectivity index (χ1v) is 2.89. The average molecular weight is 122 g/mol. The summed E-state index contributed by atoms with van der Waals surface area (Å²) in [5.74, 6) is -0.514. The van der Waals surface area contributed by atoms with E-state index in [2.05, 4.69) is 20.2 Å². The van der Waals surface area contributed by atoms with Crippen LogP contribution in [0.4, 0.5) is 0 Å². The topological polar surface area (TPSA) is 49.4 Å². The van der Waals surface area contributed by atoms with Crippen molar-refractivity contribution in [1.82, 2.24) is 0 Å². The Morgan fingerprint density at radius 1 is 1.22 bits per heavy atom. The van der Waals surface area contributed by atoms with E-state index in [1.165, 1.54) is 0 Å². The van der Waals surface area contributed by atoms with Crippen molar-refractivity contribution in [3.05, 3.63) is 0 Å². The van der Waals surface area contributed by atoms with Gasteiger partial charge in [0, 0.05) is 18.9 Å². The summed E-state index contributed by atoms with van der Waals surface area (Å²) < 4.78 is 0. The molecule has 0 aromatic heterocycles. The molecule has 0 amide bonds. The molecule has 0 aromatic carbocycles. The van der Waals surface area contributed by atoms with Gasteiger partial charge in [0.15, 0.2) is 0 Å². The van der Waals surface area contributed by atoms with Gasteiger partial charge in [0.05, 0.1) is 6.54 Å². The van der Waals surface area contributed by atoms with Crippen LogP contribution in [0.15, 0.2) is 20.2 Å². The quantitative estimate of drug-likeness (QED) is 0.453. The van der Waals surface area contributed by atoms with Crippen LogP contribution in [-0.4, -0.2) is 24.8 Å². The van der Waals surface area contributed by atoms with Crippen molar-refractivity contribution in [3.8, 4) is 0 Å². The second-order valence-corrected chi connectivity index (χ2v) is 2.05. The molecule has 2 aliphatic heterocycles. The predicted molar refractivity (Wildman–Crippen MR) is 34.1 cm³/mol. The van der Waals surface area contributed by atoms with Gasteiger partial charge in [0.25, 0.3) is 5.79 Å². The molecule has 0 radical (unpaired) electrons. The lowest BCUT2D eigenvalue weighted by molar-refractivity contribution is 0.491. The Hall–Kier alpha value is -1.06. The molecule has 4 heteroatoms. The molecule has 2 heterocycles. The van der Waals surface area contributed by atoms with E-state index >= 15 is 0 Å². The van der Waals surface area contributed by atoms with Crippen molar-refractivity contribution in [2.24, 2.45) is 20.2 Å². The first-order valence-electron chi connectivity index (χ1n) is 2.89. The Bertz CT molecular complexity index is 191. The minimum atomic E-state index is -0.514. The Labute approximate surface area is 52.4 Å². The molecule has 0 unspecified atom stereocenters. The van der Waals surface area contributed by atoms with Crippen LogP contribution in [-0.2, 0) is 0 Å². The summed E-state index contributed by atoms with van der Waals surface area (Å²) in [6.07, 6.45) is 4.18. The fourth-order valence-electron chi connectivity index (χ4n) is 0.933. The summed E-state index contributed by atoms with van der Waals surface area (Å²) in [6.45, 7) is 0.759. The third-order valence-corrected chi connectivity index (χ3v) is 1.41. The van der Waals surface area contributed by atoms with E-state index in [1.807, 2.05) is 0 Å². The molecule has 0 aliphatic carbocycles. The molecule has 2 aliphatic rings. The SMILES string of the molecule is C1=NC2(CCN=N2)N=C1. The summed E-state index contributed by atoms with van der Waals surface area (Å²) in [4.78, 5) is 8.12. The zero-order chi connectivity index (χ0) is 6.16. The maximum atomic E-state index is 4.06. The predicted octanol–water partition coefficient (Wildman–Crippen LogP) is 0.651. The van der Waals surface area contributed by atoms with Crippen molar-refractivity contribution < 1.29 is 0 Å². The molecule has 0 N–H and O–H groups in total. The molecule has 0 bridgehead atoms. The zero-order valence-electron chi connectivity index (χ0n) is 4.86. The van der Waals surface area contributed by atoms with Gasteiger partial charge in [-0.25, -0.2) is 9.98 Å². The highest BCUT2D eigenvalue weighted by molar-refractivity contribution is 6.17. The summed E-state index contributed by atoms with van der Waals surface area (Å²) in [7, 11) is 0. The van der Waals surface area contributed by atoms with E-state index in [1.54, 1.807) is 12.4 Å². The maximum Gasteiger partial charge on any atom is 0.265 e. The first kappa shape index (κ1) is 4.78. The number of hydrogen-bond donors (Lipinski definition) is 0. The van der Waals surface area contributed by atoms with Crippen molar-refractivity contribution in [1.29, 1.82) is 0 Å². The Morgan fingerprint density at radius 2 is 2.00 bits per heavy atom. The van der Waals surface area contributed by atoms with E-state index in [0.717, 1.165) is 13.0 Å². The molecule has 46 valence electrons. The van der Waals surface area contributed by atoms with Crippen LogP contribution in [0, 0.1) is 0 Å². The average Bonchev–Trinajstić information content (AvgIpc) is 2.45. The highest BCUT2D eigenvalue weighted by Crippen LogP contribution is 2.26. The van der Waals surface area contributed by atoms with Crippen LogP contribution in [0.3, 0.4) is 0 Å². The van der Waals surface area contributed by atoms with Gasteiger partial charge in [-0.1, -0.05) is 0 Å². The van der Waals surface area contributed by atoms with Crippen molar-refractivity contribution >= 4 is 12.4 Å². The molecule has 0 saturated carbocycles. The van der Waals surface area contributed by atoms with E-state index in [4.69, 9.17) is 0 Å². The highest BCUT2D eigenvalue weighted by Gasteiger charge is 2.31. The minimum absolute atomic E-state index is 0.514. The number of aliphatic imine (C=N–C) groups is 2. The second kappa shape index (κ2) is 1.46. The van der Waals surface area contributed by atoms with Gasteiger partial charge in [-0.15, -0.1) is 5.11 Å². The summed E-state index contributed by atoms with van der Waals surface area (Å²) in [5.41, 5.74) is 0. The Balaban J connectivity index is 2.34. The molecule has 0 saturated heterocycles. The molecule has 1 spiro atoms. The first-order chi connectivity index (χ1) is 4.41. The lowest BCUT2D eigenvalue weighted by Crippen LogP contribution is -2.13. The molecular weight excluding hydrogens is 116 g/mol. The van der Waals surface area contributed by atoms with Gasteiger partial charge < -0.3 is 0 Å². The number of azo groups is 1. The number of nitrogens with zero attached hydrogens (tertiary/aromatic N) is 4. The van der Waals surface area contributed by atoms with Crippen LogP contribution in [0.25, 0.3) is 0 Å². The van der Waals surface area contributed by atoms with Crippen LogP contribution in [0.1, 0.15) is 6.42 Å². The summed E-state index contributed by atoms with van der Waals surface area (Å²) in [5, 5.41) is 7.71. The summed E-state index contributed by atoms with van der Waals surface area (Å²) >= 11 is 0. The second-order valence-electron chi connectivity index (χ2n) is 2.05. The molecule has 2 rings (SSSR count). The van der Waals surface area contributed by atoms with Gasteiger partial charge in [-0.3, -0.25) is 0 Å².